The van der Waals surface area contributed by atoms with Crippen LogP contribution in [0.4, 0.5) is 4.79 Å². The van der Waals surface area contributed by atoms with Gasteiger partial charge in [-0.05, 0) is 54.4 Å². The van der Waals surface area contributed by atoms with E-state index in [-0.39, 0.29) is 36.7 Å². The van der Waals surface area contributed by atoms with Crippen molar-refractivity contribution in [1.29, 1.82) is 0 Å². The Labute approximate surface area is 200 Å². The third-order valence-corrected chi connectivity index (χ3v) is 6.85. The van der Waals surface area contributed by atoms with E-state index < -0.39 is 12.1 Å². The van der Waals surface area contributed by atoms with Gasteiger partial charge in [-0.25, -0.2) is 4.79 Å². The molecule has 2 aromatic carbocycles. The van der Waals surface area contributed by atoms with Crippen LogP contribution in [-0.2, 0) is 14.3 Å². The summed E-state index contributed by atoms with van der Waals surface area (Å²) in [5, 5.41) is 11.6. The number of aliphatic carboxylic acids is 1. The average Bonchev–Trinajstić information content (AvgIpc) is 3.56. The molecule has 2 N–H and O–H groups in total. The molecular formula is C27H32N2O5. The molecule has 0 spiro atoms. The second-order valence-corrected chi connectivity index (χ2v) is 9.08. The number of benzene rings is 2. The molecule has 0 saturated heterocycles. The Bertz CT molecular complexity index is 1010. The summed E-state index contributed by atoms with van der Waals surface area (Å²) in [6.07, 6.45) is 1.68. The molecule has 34 heavy (non-hydrogen) atoms. The highest BCUT2D eigenvalue weighted by Gasteiger charge is 2.44. The van der Waals surface area contributed by atoms with E-state index in [0.717, 1.165) is 6.42 Å². The van der Waals surface area contributed by atoms with Crippen LogP contribution in [0.1, 0.15) is 49.7 Å². The maximum atomic E-state index is 12.7. The van der Waals surface area contributed by atoms with E-state index in [9.17, 15) is 14.4 Å². The van der Waals surface area contributed by atoms with Crippen LogP contribution in [0.25, 0.3) is 11.1 Å². The van der Waals surface area contributed by atoms with Crippen LogP contribution < -0.4 is 5.32 Å². The Morgan fingerprint density at radius 3 is 2.29 bits per heavy atom. The molecule has 2 aromatic rings. The molecule has 180 valence electrons. The Morgan fingerprint density at radius 2 is 1.68 bits per heavy atom. The first-order valence-corrected chi connectivity index (χ1v) is 12.1. The molecule has 2 amide bonds. The van der Waals surface area contributed by atoms with E-state index >= 15 is 0 Å². The quantitative estimate of drug-likeness (QED) is 0.485. The van der Waals surface area contributed by atoms with Gasteiger partial charge in [-0.2, -0.15) is 0 Å². The van der Waals surface area contributed by atoms with Gasteiger partial charge in [0.05, 0.1) is 0 Å². The third-order valence-electron chi connectivity index (χ3n) is 6.85. The molecule has 7 nitrogen and oxygen atoms in total. The number of unbranched alkanes of at least 4 members (excludes halogenated alkanes) is 1. The molecule has 0 aliphatic heterocycles. The van der Waals surface area contributed by atoms with Crippen molar-refractivity contribution >= 4 is 18.0 Å². The molecular weight excluding hydrogens is 432 g/mol. The maximum absolute atomic E-state index is 12.7. The second-order valence-electron chi connectivity index (χ2n) is 9.08. The van der Waals surface area contributed by atoms with E-state index in [1.807, 2.05) is 31.2 Å². The first-order chi connectivity index (χ1) is 16.5. The molecule has 4 rings (SSSR count). The first-order valence-electron chi connectivity index (χ1n) is 12.1. The zero-order chi connectivity index (χ0) is 24.1. The number of rotatable bonds is 11. The fourth-order valence-corrected chi connectivity index (χ4v) is 4.88. The van der Waals surface area contributed by atoms with Crippen molar-refractivity contribution < 1.29 is 24.2 Å². The Hall–Kier alpha value is -3.35. The first kappa shape index (κ1) is 23.8. The summed E-state index contributed by atoms with van der Waals surface area (Å²) in [5.74, 6) is -0.643. The number of ether oxygens (including phenoxy) is 1. The molecule has 0 heterocycles. The summed E-state index contributed by atoms with van der Waals surface area (Å²) in [6.45, 7) is 3.80. The van der Waals surface area contributed by atoms with Crippen molar-refractivity contribution in [2.75, 3.05) is 26.2 Å². The molecule has 0 radical (unpaired) electrons. The van der Waals surface area contributed by atoms with Gasteiger partial charge in [-0.15, -0.1) is 0 Å². The molecule has 7 heteroatoms. The summed E-state index contributed by atoms with van der Waals surface area (Å²) < 4.78 is 5.57. The zero-order valence-electron chi connectivity index (χ0n) is 19.5. The number of carbonyl (C=O) groups excluding carboxylic acids is 2. The Balaban J connectivity index is 1.21. The molecule has 2 aliphatic carbocycles. The van der Waals surface area contributed by atoms with Gasteiger partial charge < -0.3 is 20.1 Å². The lowest BCUT2D eigenvalue weighted by Crippen LogP contribution is -2.34. The minimum atomic E-state index is -0.809. The van der Waals surface area contributed by atoms with Gasteiger partial charge in [0, 0.05) is 37.9 Å². The van der Waals surface area contributed by atoms with Gasteiger partial charge in [0.2, 0.25) is 5.91 Å². The number of fused-ring (bicyclic) bond motifs is 3. The van der Waals surface area contributed by atoms with Crippen molar-refractivity contribution in [2.24, 2.45) is 11.8 Å². The van der Waals surface area contributed by atoms with Crippen LogP contribution >= 0.6 is 0 Å². The summed E-state index contributed by atoms with van der Waals surface area (Å²) in [5.41, 5.74) is 4.73. The van der Waals surface area contributed by atoms with Crippen LogP contribution in [-0.4, -0.2) is 54.2 Å². The Kier molecular flexibility index (Phi) is 7.50. The van der Waals surface area contributed by atoms with Crippen molar-refractivity contribution in [3.63, 3.8) is 0 Å². The molecule has 1 saturated carbocycles. The van der Waals surface area contributed by atoms with Crippen LogP contribution in [0.2, 0.25) is 0 Å². The van der Waals surface area contributed by atoms with Gasteiger partial charge in [0.25, 0.3) is 0 Å². The number of alkyl carbamates (subject to hydrolysis) is 1. The summed E-state index contributed by atoms with van der Waals surface area (Å²) >= 11 is 0. The highest BCUT2D eigenvalue weighted by atomic mass is 16.5. The van der Waals surface area contributed by atoms with E-state index in [2.05, 4.69) is 29.6 Å². The summed E-state index contributed by atoms with van der Waals surface area (Å²) in [4.78, 5) is 37.5. The number of nitrogens with zero attached hydrogens (tertiary/aromatic N) is 1. The lowest BCUT2D eigenvalue weighted by molar-refractivity contribution is -0.137. The zero-order valence-corrected chi connectivity index (χ0v) is 19.5. The van der Waals surface area contributed by atoms with Gasteiger partial charge in [0.1, 0.15) is 6.61 Å². The van der Waals surface area contributed by atoms with Crippen molar-refractivity contribution in [1.82, 2.24) is 10.2 Å². The smallest absolute Gasteiger partial charge is 0.407 e. The third kappa shape index (κ3) is 5.41. The van der Waals surface area contributed by atoms with Crippen LogP contribution in [0.5, 0.6) is 0 Å². The predicted molar refractivity (Wildman–Crippen MR) is 128 cm³/mol. The predicted octanol–water partition coefficient (Wildman–Crippen LogP) is 4.26. The van der Waals surface area contributed by atoms with E-state index in [4.69, 9.17) is 9.84 Å². The SMILES string of the molecule is CCN(CCCCC(=O)O)C(=O)C1CC1CNC(=O)OCC1c2ccccc2-c2ccccc21. The standard InChI is InChI=1S/C27H32N2O5/c1-2-29(14-8-7-13-25(30)31)26(32)23-15-18(23)16-28-27(33)34-17-24-21-11-5-3-9-19(21)20-10-4-6-12-22(20)24/h3-6,9-12,18,23-24H,2,7-8,13-17H2,1H3,(H,28,33)(H,30,31). The van der Waals surface area contributed by atoms with Gasteiger partial charge in [-0.3, -0.25) is 9.59 Å². The molecule has 0 bridgehead atoms. The fourth-order valence-electron chi connectivity index (χ4n) is 4.88. The summed E-state index contributed by atoms with van der Waals surface area (Å²) in [6, 6.07) is 16.4. The molecule has 2 unspecified atom stereocenters. The second kappa shape index (κ2) is 10.7. The number of hydrogen-bond donors (Lipinski definition) is 2. The minimum absolute atomic E-state index is 0.0210. The maximum Gasteiger partial charge on any atom is 0.407 e. The summed E-state index contributed by atoms with van der Waals surface area (Å²) in [7, 11) is 0. The molecule has 2 aliphatic rings. The minimum Gasteiger partial charge on any atom is -0.481 e. The topological polar surface area (TPSA) is 95.9 Å². The monoisotopic (exact) mass is 464 g/mol. The number of carboxylic acid groups (broad SMARTS) is 1. The normalized spacial score (nSPS) is 18.0. The average molecular weight is 465 g/mol. The highest BCUT2D eigenvalue weighted by molar-refractivity contribution is 5.82. The number of hydrogen-bond acceptors (Lipinski definition) is 4. The lowest BCUT2D eigenvalue weighted by atomic mass is 9.98. The molecule has 1 fully saturated rings. The largest absolute Gasteiger partial charge is 0.481 e. The fraction of sp³-hybridized carbons (Fsp3) is 0.444. The number of amides is 2. The van der Waals surface area contributed by atoms with Crippen LogP contribution in [0, 0.1) is 11.8 Å². The van der Waals surface area contributed by atoms with Gasteiger partial charge in [-0.1, -0.05) is 48.5 Å². The Morgan fingerprint density at radius 1 is 1.03 bits per heavy atom. The molecule has 2 atom stereocenters. The number of carbonyl (C=O) groups is 3. The van der Waals surface area contributed by atoms with Crippen LogP contribution in [0.3, 0.4) is 0 Å². The van der Waals surface area contributed by atoms with E-state index in [1.54, 1.807) is 4.90 Å². The van der Waals surface area contributed by atoms with Crippen molar-refractivity contribution in [2.45, 2.75) is 38.5 Å². The van der Waals surface area contributed by atoms with Crippen molar-refractivity contribution in [3.05, 3.63) is 59.7 Å². The highest BCUT2D eigenvalue weighted by Crippen LogP contribution is 2.44. The number of nitrogens with one attached hydrogen (secondary N) is 1. The lowest BCUT2D eigenvalue weighted by Gasteiger charge is -2.21. The number of carboxylic acids is 1. The molecule has 0 aromatic heterocycles. The van der Waals surface area contributed by atoms with Gasteiger partial charge >= 0.3 is 12.1 Å². The van der Waals surface area contributed by atoms with Crippen molar-refractivity contribution in [3.8, 4) is 11.1 Å². The van der Waals surface area contributed by atoms with E-state index in [0.29, 0.717) is 32.5 Å². The van der Waals surface area contributed by atoms with E-state index in [1.165, 1.54) is 22.3 Å². The van der Waals surface area contributed by atoms with Gasteiger partial charge in [0.15, 0.2) is 0 Å². The van der Waals surface area contributed by atoms with Crippen LogP contribution in [0.15, 0.2) is 48.5 Å².